The highest BCUT2D eigenvalue weighted by molar-refractivity contribution is 7.87. The van der Waals surface area contributed by atoms with Crippen molar-refractivity contribution in [1.29, 1.82) is 0 Å². The normalized spacial score (nSPS) is 30.3. The van der Waals surface area contributed by atoms with Crippen LogP contribution >= 0.6 is 0 Å². The van der Waals surface area contributed by atoms with Crippen molar-refractivity contribution in [2.24, 2.45) is 86.8 Å². The van der Waals surface area contributed by atoms with Crippen LogP contribution in [-0.4, -0.2) is 192 Å². The van der Waals surface area contributed by atoms with E-state index in [9.17, 15) is 110 Å². The molecule has 0 spiro atoms. The average molecular weight is 1940 g/mol. The maximum Gasteiger partial charge on any atom is 0.426 e. The van der Waals surface area contributed by atoms with Gasteiger partial charge in [0.05, 0.1) is 52.5 Å². The van der Waals surface area contributed by atoms with Gasteiger partial charge in [-0.1, -0.05) is 158 Å². The van der Waals surface area contributed by atoms with E-state index in [1.807, 2.05) is 55.4 Å². The standard InChI is InChI=1S/C20H32O2.C19H16O3S.C18H22F12O4.C16H26O3.C14H27NO3.C13H18O5/c1-5-19(3,4)18(21)22-20(6-2)11-14-10-15(20)17-13-8-7-12(9-13)16(14)17;20-23(21,22)19(16-10-4-1-5-11-16,17-12-6-2-7-13-17)18-14-8-3-9-15-18;1-4-12(2,3)11(31)34-10-6-8(13(32,15(19,20)21)16(22,23)24)5-9(7-10)14(33,17(25,26)27)18(28,29)30;1-4-14(2,3)13(17)19-16-8-11-5-12(9-16)7-15(18,6-11)10-16;1-2-3-4-5-6-7-14(16)18-13-10-15-8-11-17-12-9-15;1-4-13(2,3)12(15)18-9-7-5-6-8(16-7)10(9)17-11(6)14/h12-17H,5-11H2,1-4H3;1-15H,(H,20,21,22);8-10,32-33H,4-7H2,1-3H3;11-12,18H,4-10H2,1-3H3;2-13H2,1H3;6-10H,4-5H2,1-3H3/p-1. The lowest BCUT2D eigenvalue weighted by Gasteiger charge is -2.59. The van der Waals surface area contributed by atoms with Gasteiger partial charge < -0.3 is 57.8 Å². The third kappa shape index (κ3) is 23.3. The quantitative estimate of drug-likeness (QED) is 0.0116. The zero-order chi connectivity index (χ0) is 99.4. The Morgan fingerprint density at radius 3 is 1.41 bits per heavy atom. The molecule has 9 aliphatic carbocycles. The van der Waals surface area contributed by atoms with Crippen LogP contribution in [0.5, 0.6) is 0 Å². The topological polar surface area (TPSA) is 297 Å². The van der Waals surface area contributed by atoms with Gasteiger partial charge in [-0.25, -0.2) is 8.42 Å². The minimum absolute atomic E-state index is 0.0184. The van der Waals surface area contributed by atoms with Gasteiger partial charge in [-0.2, -0.15) is 52.7 Å². The van der Waals surface area contributed by atoms with Gasteiger partial charge in [-0.15, -0.1) is 0 Å². The maximum atomic E-state index is 13.3. The molecular weight excluding hydrogens is 1800 g/mol. The molecule has 3 aromatic carbocycles. The number of esters is 6. The van der Waals surface area contributed by atoms with Crippen molar-refractivity contribution in [2.45, 2.75) is 352 Å². The molecule has 4 aliphatic heterocycles. The maximum absolute atomic E-state index is 13.3. The first kappa shape index (κ1) is 109. The van der Waals surface area contributed by atoms with Gasteiger partial charge in [0.2, 0.25) is 0 Å². The number of ether oxygens (including phenoxy) is 8. The van der Waals surface area contributed by atoms with Gasteiger partial charge in [-0.05, 0) is 242 Å². The van der Waals surface area contributed by atoms with Gasteiger partial charge in [0.15, 0.2) is 12.2 Å². The summed E-state index contributed by atoms with van der Waals surface area (Å²) in [6.07, 6.45) is -12.2. The molecule has 13 fully saturated rings. The molecule has 4 heterocycles. The Morgan fingerprint density at radius 2 is 0.970 bits per heavy atom. The number of carbonyl (C=O) groups is 6. The molecule has 0 aromatic heterocycles. The first-order valence-corrected chi connectivity index (χ1v) is 49.5. The molecule has 21 nitrogen and oxygen atoms in total. The fraction of sp³-hybridized carbons (Fsp3) is 0.760. The summed E-state index contributed by atoms with van der Waals surface area (Å²) in [4.78, 5) is 74.7. The second kappa shape index (κ2) is 42.4. The minimum atomic E-state index is -6.58. The van der Waals surface area contributed by atoms with Gasteiger partial charge >= 0.3 is 60.5 Å². The molecule has 0 radical (unpaired) electrons. The Balaban J connectivity index is 0.000000169. The van der Waals surface area contributed by atoms with E-state index in [1.165, 1.54) is 72.1 Å². The first-order valence-electron chi connectivity index (χ1n) is 48.0. The first-order chi connectivity index (χ1) is 62.3. The monoisotopic (exact) mass is 1930 g/mol. The molecule has 134 heavy (non-hydrogen) atoms. The number of alkyl halides is 12. The van der Waals surface area contributed by atoms with E-state index in [2.05, 4.69) is 25.7 Å². The molecule has 10 bridgehead atoms. The summed E-state index contributed by atoms with van der Waals surface area (Å²) in [6, 6.07) is 25.9. The highest BCUT2D eigenvalue weighted by Crippen LogP contribution is 2.71. The Hall–Kier alpha value is -6.69. The fourth-order valence-corrected chi connectivity index (χ4v) is 24.3. The van der Waals surface area contributed by atoms with Crippen molar-refractivity contribution in [3.8, 4) is 0 Å². The summed E-state index contributed by atoms with van der Waals surface area (Å²) in [5, 5.41) is 29.9. The van der Waals surface area contributed by atoms with E-state index in [4.69, 9.17) is 37.9 Å². The van der Waals surface area contributed by atoms with Crippen molar-refractivity contribution < 1.29 is 148 Å². The number of carbonyl (C=O) groups excluding carboxylic acids is 6. The predicted molar refractivity (Wildman–Crippen MR) is 470 cm³/mol. The number of hydrogen-bond acceptors (Lipinski definition) is 21. The van der Waals surface area contributed by atoms with E-state index in [1.54, 1.807) is 91.0 Å². The summed E-state index contributed by atoms with van der Waals surface area (Å²) < 4.78 is 240. The van der Waals surface area contributed by atoms with Crippen molar-refractivity contribution >= 4 is 45.9 Å². The average Bonchev–Trinajstić information content (AvgIpc) is 1.51. The molecule has 3 N–H and O–H groups in total. The highest BCUT2D eigenvalue weighted by Gasteiger charge is 2.79. The number of fused-ring (bicyclic) bond motifs is 10. The highest BCUT2D eigenvalue weighted by atomic mass is 32.2. The smallest absolute Gasteiger partial charge is 0.426 e. The number of hydrogen-bond donors (Lipinski definition) is 3. The van der Waals surface area contributed by atoms with Crippen LogP contribution in [0.25, 0.3) is 0 Å². The Bertz CT molecular complexity index is 4360. The summed E-state index contributed by atoms with van der Waals surface area (Å²) in [5.41, 5.74) is -13.9. The summed E-state index contributed by atoms with van der Waals surface area (Å²) in [5.74, 6) is -2.26. The fourth-order valence-electron chi connectivity index (χ4n) is 23.1. The molecule has 0 amide bonds. The van der Waals surface area contributed by atoms with Crippen molar-refractivity contribution in [3.05, 3.63) is 108 Å². The van der Waals surface area contributed by atoms with Crippen LogP contribution in [0.4, 0.5) is 52.7 Å². The lowest BCUT2D eigenvalue weighted by Crippen LogP contribution is -2.67. The lowest BCUT2D eigenvalue weighted by atomic mass is 9.52. The minimum Gasteiger partial charge on any atom is -0.747 e. The Morgan fingerprint density at radius 1 is 0.522 bits per heavy atom. The van der Waals surface area contributed by atoms with E-state index in [0.29, 0.717) is 66.7 Å². The molecule has 13 aliphatic rings. The predicted octanol–water partition coefficient (Wildman–Crippen LogP) is 20.1. The molecular formula is C100H140F12NO20S-. The van der Waals surface area contributed by atoms with Crippen molar-refractivity contribution in [2.75, 3.05) is 39.5 Å². The molecule has 3 aromatic rings. The number of aliphatic hydroxyl groups is 3. The van der Waals surface area contributed by atoms with Gasteiger partial charge in [0, 0.05) is 50.2 Å². The zero-order valence-electron chi connectivity index (χ0n) is 79.7. The lowest BCUT2D eigenvalue weighted by molar-refractivity contribution is -0.405. The molecule has 16 rings (SSSR count). The van der Waals surface area contributed by atoms with Crippen LogP contribution in [-0.2, 0) is 81.5 Å². The van der Waals surface area contributed by atoms with Gasteiger partial charge in [0.25, 0.3) is 11.2 Å². The van der Waals surface area contributed by atoms with Crippen LogP contribution < -0.4 is 0 Å². The number of benzene rings is 3. The van der Waals surface area contributed by atoms with Gasteiger partial charge in [-0.3, -0.25) is 33.7 Å². The Kier molecular flexibility index (Phi) is 34.6. The van der Waals surface area contributed by atoms with E-state index < -0.39 is 128 Å². The number of rotatable bonds is 28. The number of unbranched alkanes of at least 4 members (excludes halogenated alkanes) is 4. The van der Waals surface area contributed by atoms with Crippen LogP contribution in [0.2, 0.25) is 0 Å². The molecule has 4 saturated heterocycles. The number of morpholine rings is 1. The van der Waals surface area contributed by atoms with Crippen molar-refractivity contribution in [3.63, 3.8) is 0 Å². The van der Waals surface area contributed by atoms with E-state index in [0.717, 1.165) is 127 Å². The molecule has 34 heteroatoms. The van der Waals surface area contributed by atoms with Crippen LogP contribution in [0, 0.1) is 86.8 Å². The summed E-state index contributed by atoms with van der Waals surface area (Å²) in [6.45, 7) is 30.9. The molecule has 16 unspecified atom stereocenters. The van der Waals surface area contributed by atoms with E-state index >= 15 is 0 Å². The summed E-state index contributed by atoms with van der Waals surface area (Å²) >= 11 is 0. The largest absolute Gasteiger partial charge is 0.747 e. The van der Waals surface area contributed by atoms with Crippen LogP contribution in [0.15, 0.2) is 91.0 Å². The third-order valence-corrected chi connectivity index (χ3v) is 33.3. The second-order valence-corrected chi connectivity index (χ2v) is 43.8. The van der Waals surface area contributed by atoms with Crippen LogP contribution in [0.1, 0.15) is 281 Å². The van der Waals surface area contributed by atoms with Crippen molar-refractivity contribution in [1.82, 2.24) is 4.90 Å². The molecule has 9 saturated carbocycles. The van der Waals surface area contributed by atoms with Gasteiger partial charge in [0.1, 0.15) is 44.9 Å². The van der Waals surface area contributed by atoms with E-state index in [-0.39, 0.29) is 71.0 Å². The van der Waals surface area contributed by atoms with Crippen LogP contribution in [0.3, 0.4) is 0 Å². The Labute approximate surface area is 780 Å². The zero-order valence-corrected chi connectivity index (χ0v) is 80.5. The SMILES string of the molecule is CCC(C)(C)C(=O)OC1(CC)CC2CC1C1C3CCC(C3)C21.CCC(C)(C)C(=O)OC12CC3CC(CC(O)(C3)C1)C2.CCC(C)(C)C(=O)OC1C2CC3C(=O)OC1C3O2.CCC(C)(C)C(=O)OC1CC(C(O)(C(F)(F)F)C(F)(F)F)CC(C(O)(C(F)(F)F)C(F)(F)F)C1.CCCCCCCC(=O)OCCN1CCOCC1.O=S(=O)([O-])C(c1ccccc1)(c1ccccc1)c1ccccc1. The molecule has 756 valence electrons. The third-order valence-electron chi connectivity index (χ3n) is 31.9. The second-order valence-electron chi connectivity index (χ2n) is 42.3. The summed E-state index contributed by atoms with van der Waals surface area (Å²) in [7, 11) is -4.74. The molecule has 16 atom stereocenters. The number of halogens is 12. The number of nitrogens with zero attached hydrogens (tertiary/aromatic N) is 1.